The van der Waals surface area contributed by atoms with Gasteiger partial charge < -0.3 is 9.84 Å². The minimum absolute atomic E-state index is 0.140. The smallest absolute Gasteiger partial charge is 0.144 e. The van der Waals surface area contributed by atoms with Crippen molar-refractivity contribution < 1.29 is 9.84 Å². The quantitative estimate of drug-likeness (QED) is 0.685. The molecule has 1 unspecified atom stereocenters. The van der Waals surface area contributed by atoms with Crippen molar-refractivity contribution in [1.29, 1.82) is 5.26 Å². The first kappa shape index (κ1) is 12.5. The van der Waals surface area contributed by atoms with Gasteiger partial charge in [0.15, 0.2) is 0 Å². The lowest BCUT2D eigenvalue weighted by atomic mass is 9.85. The average Bonchev–Trinajstić information content (AvgIpc) is 2.29. The Labute approximate surface area is 92.0 Å². The van der Waals surface area contributed by atoms with E-state index in [1.165, 1.54) is 32.1 Å². The summed E-state index contributed by atoms with van der Waals surface area (Å²) < 4.78 is 5.41. The molecule has 0 amide bonds. The maximum absolute atomic E-state index is 8.92. The summed E-state index contributed by atoms with van der Waals surface area (Å²) in [4.78, 5) is 0. The molecule has 1 rings (SSSR count). The van der Waals surface area contributed by atoms with Gasteiger partial charge >= 0.3 is 0 Å². The van der Waals surface area contributed by atoms with E-state index in [1.54, 1.807) is 0 Å². The van der Waals surface area contributed by atoms with E-state index in [9.17, 15) is 0 Å². The highest BCUT2D eigenvalue weighted by Gasteiger charge is 2.18. The van der Waals surface area contributed by atoms with Crippen molar-refractivity contribution in [3.8, 4) is 6.07 Å². The SMILES string of the molecule is N#CC(CC1CCCCC1)OCCCO. The summed E-state index contributed by atoms with van der Waals surface area (Å²) in [6.45, 7) is 0.642. The van der Waals surface area contributed by atoms with Crippen molar-refractivity contribution in [2.24, 2.45) is 5.92 Å². The first-order chi connectivity index (χ1) is 7.36. The van der Waals surface area contributed by atoms with Crippen molar-refractivity contribution in [3.05, 3.63) is 0 Å². The Bertz CT molecular complexity index is 194. The third-order valence-corrected chi connectivity index (χ3v) is 3.04. The third kappa shape index (κ3) is 5.15. The number of aliphatic hydroxyl groups excluding tert-OH is 1. The lowest BCUT2D eigenvalue weighted by molar-refractivity contribution is 0.0579. The van der Waals surface area contributed by atoms with Gasteiger partial charge in [-0.15, -0.1) is 0 Å². The third-order valence-electron chi connectivity index (χ3n) is 3.04. The molecule has 0 heterocycles. The number of hydrogen-bond acceptors (Lipinski definition) is 3. The number of ether oxygens (including phenoxy) is 1. The van der Waals surface area contributed by atoms with Crippen LogP contribution in [0.5, 0.6) is 0 Å². The molecular formula is C12H21NO2. The fraction of sp³-hybridized carbons (Fsp3) is 0.917. The molecule has 3 heteroatoms. The monoisotopic (exact) mass is 211 g/mol. The molecular weight excluding hydrogens is 190 g/mol. The summed E-state index contributed by atoms with van der Waals surface area (Å²) in [5.74, 6) is 0.678. The van der Waals surface area contributed by atoms with Crippen molar-refractivity contribution in [3.63, 3.8) is 0 Å². The molecule has 0 aromatic carbocycles. The summed E-state index contributed by atoms with van der Waals surface area (Å²) in [7, 11) is 0. The molecule has 0 aromatic heterocycles. The molecule has 1 saturated carbocycles. The summed E-state index contributed by atoms with van der Waals surface area (Å²) in [6.07, 6.45) is 7.70. The van der Waals surface area contributed by atoms with Crippen LogP contribution in [0.3, 0.4) is 0 Å². The zero-order chi connectivity index (χ0) is 10.9. The van der Waals surface area contributed by atoms with E-state index in [2.05, 4.69) is 6.07 Å². The molecule has 3 nitrogen and oxygen atoms in total. The van der Waals surface area contributed by atoms with Gasteiger partial charge in [-0.25, -0.2) is 0 Å². The van der Waals surface area contributed by atoms with Crippen LogP contribution in [0.2, 0.25) is 0 Å². The van der Waals surface area contributed by atoms with Crippen LogP contribution in [0.1, 0.15) is 44.9 Å². The first-order valence-corrected chi connectivity index (χ1v) is 5.99. The molecule has 0 saturated heterocycles. The van der Waals surface area contributed by atoms with E-state index in [-0.39, 0.29) is 12.7 Å². The normalized spacial score (nSPS) is 19.7. The minimum atomic E-state index is -0.264. The van der Waals surface area contributed by atoms with Crippen LogP contribution in [-0.4, -0.2) is 24.4 Å². The zero-order valence-electron chi connectivity index (χ0n) is 9.32. The Balaban J connectivity index is 2.17. The number of nitrogens with zero attached hydrogens (tertiary/aromatic N) is 1. The Morgan fingerprint density at radius 1 is 1.33 bits per heavy atom. The molecule has 1 aliphatic rings. The molecule has 0 aliphatic heterocycles. The second kappa shape index (κ2) is 7.67. The van der Waals surface area contributed by atoms with Gasteiger partial charge in [0.25, 0.3) is 0 Å². The van der Waals surface area contributed by atoms with E-state index in [0.29, 0.717) is 18.9 Å². The highest BCUT2D eigenvalue weighted by atomic mass is 16.5. The van der Waals surface area contributed by atoms with E-state index in [1.807, 2.05) is 0 Å². The van der Waals surface area contributed by atoms with Gasteiger partial charge in [-0.1, -0.05) is 32.1 Å². The molecule has 1 N–H and O–H groups in total. The molecule has 0 bridgehead atoms. The van der Waals surface area contributed by atoms with Crippen molar-refractivity contribution in [1.82, 2.24) is 0 Å². The summed E-state index contributed by atoms with van der Waals surface area (Å²) in [5, 5.41) is 17.5. The van der Waals surface area contributed by atoms with E-state index in [0.717, 1.165) is 6.42 Å². The number of nitriles is 1. The lowest BCUT2D eigenvalue weighted by Crippen LogP contribution is -2.18. The van der Waals surface area contributed by atoms with Crippen molar-refractivity contribution in [2.45, 2.75) is 51.0 Å². The summed E-state index contributed by atoms with van der Waals surface area (Å²) in [6, 6.07) is 2.20. The Morgan fingerprint density at radius 2 is 2.07 bits per heavy atom. The van der Waals surface area contributed by atoms with Crippen LogP contribution in [0, 0.1) is 17.2 Å². The molecule has 0 spiro atoms. The van der Waals surface area contributed by atoms with Crippen LogP contribution < -0.4 is 0 Å². The van der Waals surface area contributed by atoms with Gasteiger partial charge in [0.1, 0.15) is 6.10 Å². The van der Waals surface area contributed by atoms with Gasteiger partial charge in [-0.05, 0) is 18.8 Å². The Hall–Kier alpha value is -0.590. The topological polar surface area (TPSA) is 53.2 Å². The van der Waals surface area contributed by atoms with Crippen molar-refractivity contribution >= 4 is 0 Å². The molecule has 0 aromatic rings. The van der Waals surface area contributed by atoms with Gasteiger partial charge in [0, 0.05) is 6.61 Å². The average molecular weight is 211 g/mol. The fourth-order valence-corrected chi connectivity index (χ4v) is 2.17. The highest BCUT2D eigenvalue weighted by Crippen LogP contribution is 2.27. The standard InChI is InChI=1S/C12H21NO2/c13-10-12(15-8-4-7-14)9-11-5-2-1-3-6-11/h11-12,14H,1-9H2. The largest absolute Gasteiger partial charge is 0.396 e. The predicted octanol–water partition coefficient (Wildman–Crippen LogP) is 2.25. The maximum Gasteiger partial charge on any atom is 0.144 e. The molecule has 1 aliphatic carbocycles. The van der Waals surface area contributed by atoms with Gasteiger partial charge in [0.05, 0.1) is 12.7 Å². The number of hydrogen-bond donors (Lipinski definition) is 1. The van der Waals surface area contributed by atoms with Gasteiger partial charge in [-0.2, -0.15) is 5.26 Å². The van der Waals surface area contributed by atoms with Gasteiger partial charge in [-0.3, -0.25) is 0 Å². The minimum Gasteiger partial charge on any atom is -0.396 e. The van der Waals surface area contributed by atoms with E-state index in [4.69, 9.17) is 15.1 Å². The van der Waals surface area contributed by atoms with Crippen LogP contribution in [0.15, 0.2) is 0 Å². The maximum atomic E-state index is 8.92. The van der Waals surface area contributed by atoms with Crippen LogP contribution >= 0.6 is 0 Å². The zero-order valence-corrected chi connectivity index (χ0v) is 9.32. The molecule has 0 radical (unpaired) electrons. The van der Waals surface area contributed by atoms with Crippen molar-refractivity contribution in [2.75, 3.05) is 13.2 Å². The number of rotatable bonds is 6. The summed E-state index contributed by atoms with van der Waals surface area (Å²) >= 11 is 0. The second-order valence-electron chi connectivity index (χ2n) is 4.31. The Morgan fingerprint density at radius 3 is 2.67 bits per heavy atom. The summed E-state index contributed by atoms with van der Waals surface area (Å²) in [5.41, 5.74) is 0. The first-order valence-electron chi connectivity index (χ1n) is 5.99. The van der Waals surface area contributed by atoms with Crippen LogP contribution in [0.25, 0.3) is 0 Å². The van der Waals surface area contributed by atoms with Gasteiger partial charge in [0.2, 0.25) is 0 Å². The molecule has 1 atom stereocenters. The van der Waals surface area contributed by atoms with E-state index >= 15 is 0 Å². The second-order valence-corrected chi connectivity index (χ2v) is 4.31. The Kier molecular flexibility index (Phi) is 6.38. The predicted molar refractivity (Wildman–Crippen MR) is 58.2 cm³/mol. The molecule has 1 fully saturated rings. The lowest BCUT2D eigenvalue weighted by Gasteiger charge is -2.23. The van der Waals surface area contributed by atoms with Crippen LogP contribution in [0.4, 0.5) is 0 Å². The number of aliphatic hydroxyl groups is 1. The van der Waals surface area contributed by atoms with Crippen LogP contribution in [-0.2, 0) is 4.74 Å². The fourth-order valence-electron chi connectivity index (χ4n) is 2.17. The molecule has 86 valence electrons. The van der Waals surface area contributed by atoms with E-state index < -0.39 is 0 Å². The highest BCUT2D eigenvalue weighted by molar-refractivity contribution is 4.86. The molecule has 15 heavy (non-hydrogen) atoms.